The number of anilines is 1. The van der Waals surface area contributed by atoms with Crippen LogP contribution in [0.4, 0.5) is 5.95 Å². The van der Waals surface area contributed by atoms with Crippen LogP contribution >= 0.6 is 0 Å². The molecule has 2 aliphatic rings. The largest absolute Gasteiger partial charge is 0.337 e. The van der Waals surface area contributed by atoms with E-state index in [-0.39, 0.29) is 16.6 Å². The highest BCUT2D eigenvalue weighted by atomic mass is 32.2. The highest BCUT2D eigenvalue weighted by Crippen LogP contribution is 2.23. The van der Waals surface area contributed by atoms with E-state index in [1.165, 1.54) is 6.07 Å². The third kappa shape index (κ3) is 3.93. The maximum atomic E-state index is 13.0. The van der Waals surface area contributed by atoms with E-state index in [1.807, 2.05) is 35.2 Å². The van der Waals surface area contributed by atoms with E-state index in [4.69, 9.17) is 0 Å². The summed E-state index contributed by atoms with van der Waals surface area (Å²) < 4.78 is 28.7. The molecule has 1 atom stereocenters. The van der Waals surface area contributed by atoms with E-state index in [9.17, 15) is 13.2 Å². The Morgan fingerprint density at radius 3 is 2.48 bits per heavy atom. The molecule has 0 unspecified atom stereocenters. The number of amides is 1. The molecule has 1 aromatic heterocycles. The molecular weight excluding hydrogens is 444 g/mol. The molecule has 2 aliphatic heterocycles. The van der Waals surface area contributed by atoms with Crippen molar-refractivity contribution in [3.8, 4) is 5.69 Å². The number of para-hydroxylation sites is 1. The highest BCUT2D eigenvalue weighted by molar-refractivity contribution is 7.90. The molecule has 0 radical (unpaired) electrons. The van der Waals surface area contributed by atoms with Gasteiger partial charge in [0.25, 0.3) is 10.0 Å². The lowest BCUT2D eigenvalue weighted by molar-refractivity contribution is -0.132. The maximum absolute atomic E-state index is 13.0. The number of hydrogen-bond donors (Lipinski definition) is 1. The van der Waals surface area contributed by atoms with Crippen LogP contribution in [0.2, 0.25) is 0 Å². The van der Waals surface area contributed by atoms with Gasteiger partial charge in [0, 0.05) is 31.7 Å². The standard InChI is InChI=1S/C21H22N8O3S/c1-15(22-19-17-9-5-6-10-18(17)33(31,32)24-19)20(30)27-11-13-28(14-12-27)21-23-25-26-29(21)16-7-3-2-4-8-16/h2-10,15H,11-14H2,1H3,(H,22,24)/t15-/m0/s1. The molecule has 11 nitrogen and oxygen atoms in total. The summed E-state index contributed by atoms with van der Waals surface area (Å²) in [5.74, 6) is 0.666. The quantitative estimate of drug-likeness (QED) is 0.591. The van der Waals surface area contributed by atoms with Crippen LogP contribution in [0.25, 0.3) is 5.69 Å². The lowest BCUT2D eigenvalue weighted by atomic mass is 10.2. The summed E-state index contributed by atoms with van der Waals surface area (Å²) in [4.78, 5) is 21.4. The minimum absolute atomic E-state index is 0.159. The number of tetrazole rings is 1. The number of sulfonamides is 1. The Morgan fingerprint density at radius 2 is 1.73 bits per heavy atom. The Bertz CT molecular complexity index is 1310. The number of nitrogens with zero attached hydrogens (tertiary/aromatic N) is 7. The smallest absolute Gasteiger partial charge is 0.263 e. The van der Waals surface area contributed by atoms with E-state index in [1.54, 1.807) is 34.7 Å². The molecule has 1 amide bonds. The number of aliphatic imine (C=N–C) groups is 1. The molecule has 12 heteroatoms. The van der Waals surface area contributed by atoms with Crippen LogP contribution < -0.4 is 9.62 Å². The van der Waals surface area contributed by atoms with Gasteiger partial charge < -0.3 is 9.80 Å². The van der Waals surface area contributed by atoms with Crippen LogP contribution in [-0.4, -0.2) is 77.5 Å². The number of piperazine rings is 1. The second kappa shape index (κ2) is 8.28. The van der Waals surface area contributed by atoms with Gasteiger partial charge in [0.15, 0.2) is 0 Å². The number of aromatic nitrogens is 4. The predicted octanol–water partition coefficient (Wildman–Crippen LogP) is 0.438. The van der Waals surface area contributed by atoms with Gasteiger partial charge in [0.05, 0.1) is 10.6 Å². The van der Waals surface area contributed by atoms with Crippen molar-refractivity contribution in [2.75, 3.05) is 31.1 Å². The summed E-state index contributed by atoms with van der Waals surface area (Å²) in [6.45, 7) is 3.78. The van der Waals surface area contributed by atoms with Gasteiger partial charge in [-0.15, -0.1) is 0 Å². The van der Waals surface area contributed by atoms with Gasteiger partial charge in [-0.3, -0.25) is 14.5 Å². The molecule has 170 valence electrons. The summed E-state index contributed by atoms with van der Waals surface area (Å²) >= 11 is 0. The Morgan fingerprint density at radius 1 is 1.03 bits per heavy atom. The molecule has 2 aromatic carbocycles. The molecule has 0 aliphatic carbocycles. The van der Waals surface area contributed by atoms with Gasteiger partial charge in [-0.25, -0.2) is 8.42 Å². The van der Waals surface area contributed by atoms with Crippen molar-refractivity contribution in [2.45, 2.75) is 17.9 Å². The minimum atomic E-state index is -3.64. The number of carbonyl (C=O) groups excluding carboxylic acids is 1. The molecule has 3 aromatic rings. The summed E-state index contributed by atoms with van der Waals surface area (Å²) in [7, 11) is -3.64. The molecule has 3 heterocycles. The van der Waals surface area contributed by atoms with Gasteiger partial charge >= 0.3 is 0 Å². The van der Waals surface area contributed by atoms with Crippen molar-refractivity contribution < 1.29 is 13.2 Å². The normalized spacial score (nSPS) is 19.2. The number of amidine groups is 1. The molecular formula is C21H22N8O3S. The van der Waals surface area contributed by atoms with Crippen LogP contribution in [0.5, 0.6) is 0 Å². The molecule has 0 spiro atoms. The van der Waals surface area contributed by atoms with E-state index >= 15 is 0 Å². The molecule has 5 rings (SSSR count). The van der Waals surface area contributed by atoms with E-state index in [0.29, 0.717) is 37.7 Å². The maximum Gasteiger partial charge on any atom is 0.263 e. The van der Waals surface area contributed by atoms with Crippen molar-refractivity contribution in [1.82, 2.24) is 29.8 Å². The summed E-state index contributed by atoms with van der Waals surface area (Å²) in [6, 6.07) is 15.5. The Labute approximate surface area is 190 Å². The third-order valence-corrected chi connectivity index (χ3v) is 7.07. The third-order valence-electron chi connectivity index (χ3n) is 5.67. The van der Waals surface area contributed by atoms with Crippen LogP contribution in [-0.2, 0) is 14.8 Å². The van der Waals surface area contributed by atoms with Crippen molar-refractivity contribution in [2.24, 2.45) is 4.99 Å². The topological polar surface area (TPSA) is 126 Å². The Hall–Kier alpha value is -3.80. The van der Waals surface area contributed by atoms with Crippen LogP contribution in [0, 0.1) is 0 Å². The lowest BCUT2D eigenvalue weighted by Gasteiger charge is -2.35. The number of hydrogen-bond acceptors (Lipinski definition) is 8. The van der Waals surface area contributed by atoms with Crippen molar-refractivity contribution in [3.05, 3.63) is 60.2 Å². The van der Waals surface area contributed by atoms with E-state index in [0.717, 1.165) is 5.69 Å². The second-order valence-corrected chi connectivity index (χ2v) is 9.44. The van der Waals surface area contributed by atoms with Crippen LogP contribution in [0.15, 0.2) is 64.5 Å². The first-order chi connectivity index (χ1) is 15.9. The molecule has 33 heavy (non-hydrogen) atoms. The summed E-state index contributed by atoms with van der Waals surface area (Å²) in [6.07, 6.45) is 0. The van der Waals surface area contributed by atoms with Gasteiger partial charge in [0.2, 0.25) is 11.9 Å². The first-order valence-electron chi connectivity index (χ1n) is 10.5. The molecule has 0 bridgehead atoms. The lowest BCUT2D eigenvalue weighted by Crippen LogP contribution is -2.51. The predicted molar refractivity (Wildman–Crippen MR) is 121 cm³/mol. The fraction of sp³-hybridized carbons (Fsp3) is 0.286. The minimum Gasteiger partial charge on any atom is -0.337 e. The summed E-state index contributed by atoms with van der Waals surface area (Å²) in [5.41, 5.74) is 1.34. The fourth-order valence-corrected chi connectivity index (χ4v) is 5.22. The SMILES string of the molecule is C[C@H](N=C1NS(=O)(=O)c2ccccc21)C(=O)N1CCN(c2nnnn2-c2ccccc2)CC1. The van der Waals surface area contributed by atoms with E-state index < -0.39 is 16.1 Å². The first kappa shape index (κ1) is 21.1. The van der Waals surface area contributed by atoms with Crippen molar-refractivity contribution in [1.29, 1.82) is 0 Å². The van der Waals surface area contributed by atoms with Gasteiger partial charge in [0.1, 0.15) is 11.9 Å². The Balaban J connectivity index is 1.27. The summed E-state index contributed by atoms with van der Waals surface area (Å²) in [5, 5.41) is 12.1. The zero-order chi connectivity index (χ0) is 23.0. The highest BCUT2D eigenvalue weighted by Gasteiger charge is 2.32. The number of rotatable bonds is 4. The van der Waals surface area contributed by atoms with Gasteiger partial charge in [-0.05, 0) is 41.6 Å². The molecule has 1 N–H and O–H groups in total. The average molecular weight is 467 g/mol. The van der Waals surface area contributed by atoms with Crippen LogP contribution in [0.1, 0.15) is 12.5 Å². The van der Waals surface area contributed by atoms with Gasteiger partial charge in [-0.2, -0.15) is 4.68 Å². The molecule has 1 saturated heterocycles. The number of benzene rings is 2. The molecule has 1 fully saturated rings. The first-order valence-corrected chi connectivity index (χ1v) is 12.0. The zero-order valence-electron chi connectivity index (χ0n) is 17.9. The second-order valence-electron chi connectivity index (χ2n) is 7.79. The van der Waals surface area contributed by atoms with Gasteiger partial charge in [-0.1, -0.05) is 35.4 Å². The molecule has 0 saturated carbocycles. The monoisotopic (exact) mass is 466 g/mol. The average Bonchev–Trinajstić information content (AvgIpc) is 3.42. The number of fused-ring (bicyclic) bond motifs is 1. The van der Waals surface area contributed by atoms with Crippen molar-refractivity contribution >= 4 is 27.7 Å². The van der Waals surface area contributed by atoms with Crippen molar-refractivity contribution in [3.63, 3.8) is 0 Å². The fourth-order valence-electron chi connectivity index (χ4n) is 3.99. The number of nitrogens with one attached hydrogen (secondary N) is 1. The van der Waals surface area contributed by atoms with E-state index in [2.05, 4.69) is 25.2 Å². The number of carbonyl (C=O) groups is 1. The van der Waals surface area contributed by atoms with Crippen LogP contribution in [0.3, 0.4) is 0 Å². The zero-order valence-corrected chi connectivity index (χ0v) is 18.7. The Kier molecular flexibility index (Phi) is 5.29.